The zero-order valence-electron chi connectivity index (χ0n) is 6.97. The summed E-state index contributed by atoms with van der Waals surface area (Å²) in [6.45, 7) is 11.1. The van der Waals surface area contributed by atoms with Crippen molar-refractivity contribution in [2.45, 2.75) is 13.0 Å². The highest BCUT2D eigenvalue weighted by Gasteiger charge is 2.12. The fraction of sp³-hybridized carbons (Fsp3) is 0.750. The first-order chi connectivity index (χ1) is 4.80. The summed E-state index contributed by atoms with van der Waals surface area (Å²) >= 11 is 0. The molecule has 1 aliphatic heterocycles. The Morgan fingerprint density at radius 2 is 2.10 bits per heavy atom. The molecule has 1 rings (SSSR count). The van der Waals surface area contributed by atoms with Gasteiger partial charge in [0.25, 0.3) is 0 Å². The highest BCUT2D eigenvalue weighted by atomic mass is 16.5. The number of ether oxygens (including phenoxy) is 1. The maximum Gasteiger partial charge on any atom is 0.0619 e. The third-order valence-electron chi connectivity index (χ3n) is 1.70. The lowest BCUT2D eigenvalue weighted by atomic mass is 10.3. The standard InChI is InChI=1S/C6H13NO.C2H4/c1-6-5-8-4-3-7(6)2;1-2/h6H,3-5H2,1-2H3;1-2H2/t6-;/m1./s1. The molecule has 1 atom stereocenters. The average Bonchev–Trinajstić information content (AvgIpc) is 2.00. The number of morpholine rings is 1. The summed E-state index contributed by atoms with van der Waals surface area (Å²) in [4.78, 5) is 2.31. The predicted octanol–water partition coefficient (Wildman–Crippen LogP) is 1.14. The molecule has 1 heterocycles. The molecule has 0 bridgehead atoms. The second-order valence-electron chi connectivity index (χ2n) is 2.40. The first-order valence-corrected chi connectivity index (χ1v) is 3.58. The molecule has 0 saturated carbocycles. The molecule has 0 unspecified atom stereocenters. The summed E-state index contributed by atoms with van der Waals surface area (Å²) in [7, 11) is 2.13. The van der Waals surface area contributed by atoms with Gasteiger partial charge in [0.05, 0.1) is 13.2 Å². The van der Waals surface area contributed by atoms with Crippen molar-refractivity contribution < 1.29 is 4.74 Å². The van der Waals surface area contributed by atoms with Crippen LogP contribution in [0.25, 0.3) is 0 Å². The summed E-state index contributed by atoms with van der Waals surface area (Å²) in [6, 6.07) is 0.615. The van der Waals surface area contributed by atoms with Gasteiger partial charge in [-0.3, -0.25) is 4.90 Å². The Labute approximate surface area is 63.5 Å². The van der Waals surface area contributed by atoms with Crippen LogP contribution in [0.4, 0.5) is 0 Å². The van der Waals surface area contributed by atoms with E-state index in [0.717, 1.165) is 19.8 Å². The lowest BCUT2D eigenvalue weighted by molar-refractivity contribution is 0.0131. The number of nitrogens with zero attached hydrogens (tertiary/aromatic N) is 1. The second-order valence-corrected chi connectivity index (χ2v) is 2.40. The molecule has 0 amide bonds. The molecule has 0 radical (unpaired) electrons. The maximum absolute atomic E-state index is 5.21. The van der Waals surface area contributed by atoms with Gasteiger partial charge in [0.15, 0.2) is 0 Å². The number of likely N-dealkylation sites (N-methyl/N-ethyl adjacent to an activating group) is 1. The zero-order chi connectivity index (χ0) is 7.98. The Kier molecular flexibility index (Phi) is 5.26. The van der Waals surface area contributed by atoms with Gasteiger partial charge in [-0.25, -0.2) is 0 Å². The highest BCUT2D eigenvalue weighted by molar-refractivity contribution is 4.65. The van der Waals surface area contributed by atoms with Crippen molar-refractivity contribution in [2.75, 3.05) is 26.8 Å². The van der Waals surface area contributed by atoms with Gasteiger partial charge in [-0.2, -0.15) is 0 Å². The first kappa shape index (κ1) is 9.66. The molecular weight excluding hydrogens is 126 g/mol. The molecule has 0 aromatic carbocycles. The quantitative estimate of drug-likeness (QED) is 0.471. The smallest absolute Gasteiger partial charge is 0.0619 e. The van der Waals surface area contributed by atoms with E-state index < -0.39 is 0 Å². The van der Waals surface area contributed by atoms with Crippen molar-refractivity contribution >= 4 is 0 Å². The first-order valence-electron chi connectivity index (χ1n) is 3.58. The Morgan fingerprint density at radius 3 is 2.40 bits per heavy atom. The molecule has 0 spiro atoms. The van der Waals surface area contributed by atoms with Crippen molar-refractivity contribution in [3.05, 3.63) is 13.2 Å². The van der Waals surface area contributed by atoms with Gasteiger partial charge in [0, 0.05) is 12.6 Å². The molecule has 2 heteroatoms. The van der Waals surface area contributed by atoms with Crippen molar-refractivity contribution in [3.63, 3.8) is 0 Å². The monoisotopic (exact) mass is 143 g/mol. The summed E-state index contributed by atoms with van der Waals surface area (Å²) in [5.74, 6) is 0. The van der Waals surface area contributed by atoms with Crippen LogP contribution in [0.5, 0.6) is 0 Å². The van der Waals surface area contributed by atoms with Crippen LogP contribution in [0.15, 0.2) is 13.2 Å². The predicted molar refractivity (Wildman–Crippen MR) is 44.2 cm³/mol. The number of hydrogen-bond donors (Lipinski definition) is 0. The van der Waals surface area contributed by atoms with Gasteiger partial charge in [-0.05, 0) is 14.0 Å². The van der Waals surface area contributed by atoms with E-state index in [0.29, 0.717) is 6.04 Å². The largest absolute Gasteiger partial charge is 0.379 e. The molecule has 0 aliphatic carbocycles. The highest BCUT2D eigenvalue weighted by Crippen LogP contribution is 2.00. The fourth-order valence-corrected chi connectivity index (χ4v) is 0.810. The van der Waals surface area contributed by atoms with Gasteiger partial charge >= 0.3 is 0 Å². The average molecular weight is 143 g/mol. The van der Waals surface area contributed by atoms with E-state index in [-0.39, 0.29) is 0 Å². The van der Waals surface area contributed by atoms with Crippen LogP contribution in [0.1, 0.15) is 6.92 Å². The minimum Gasteiger partial charge on any atom is -0.379 e. The third-order valence-corrected chi connectivity index (χ3v) is 1.70. The fourth-order valence-electron chi connectivity index (χ4n) is 0.810. The van der Waals surface area contributed by atoms with E-state index in [1.807, 2.05) is 0 Å². The normalized spacial score (nSPS) is 26.8. The van der Waals surface area contributed by atoms with E-state index in [1.54, 1.807) is 0 Å². The topological polar surface area (TPSA) is 12.5 Å². The molecule has 1 aliphatic rings. The van der Waals surface area contributed by atoms with E-state index in [9.17, 15) is 0 Å². The molecule has 1 fully saturated rings. The van der Waals surface area contributed by atoms with E-state index >= 15 is 0 Å². The van der Waals surface area contributed by atoms with E-state index in [4.69, 9.17) is 4.74 Å². The summed E-state index contributed by atoms with van der Waals surface area (Å²) in [6.07, 6.45) is 0. The van der Waals surface area contributed by atoms with Crippen LogP contribution in [-0.4, -0.2) is 37.7 Å². The minimum absolute atomic E-state index is 0.615. The van der Waals surface area contributed by atoms with Crippen LogP contribution in [0, 0.1) is 0 Å². The van der Waals surface area contributed by atoms with Gasteiger partial charge in [0.2, 0.25) is 0 Å². The van der Waals surface area contributed by atoms with Gasteiger partial charge in [-0.15, -0.1) is 13.2 Å². The lowest BCUT2D eigenvalue weighted by Gasteiger charge is -2.29. The molecule has 0 N–H and O–H groups in total. The van der Waals surface area contributed by atoms with Crippen LogP contribution in [-0.2, 0) is 4.74 Å². The van der Waals surface area contributed by atoms with Crippen molar-refractivity contribution in [2.24, 2.45) is 0 Å². The number of rotatable bonds is 0. The lowest BCUT2D eigenvalue weighted by Crippen LogP contribution is -2.40. The van der Waals surface area contributed by atoms with Crippen molar-refractivity contribution in [1.82, 2.24) is 4.90 Å². The maximum atomic E-state index is 5.21. The van der Waals surface area contributed by atoms with Gasteiger partial charge in [-0.1, -0.05) is 0 Å². The van der Waals surface area contributed by atoms with Crippen LogP contribution >= 0.6 is 0 Å². The molecule has 10 heavy (non-hydrogen) atoms. The summed E-state index contributed by atoms with van der Waals surface area (Å²) in [5.41, 5.74) is 0. The van der Waals surface area contributed by atoms with Crippen LogP contribution < -0.4 is 0 Å². The Morgan fingerprint density at radius 1 is 1.50 bits per heavy atom. The Bertz CT molecular complexity index is 75.3. The van der Waals surface area contributed by atoms with E-state index in [1.165, 1.54) is 0 Å². The van der Waals surface area contributed by atoms with Crippen molar-refractivity contribution in [3.8, 4) is 0 Å². The van der Waals surface area contributed by atoms with Crippen LogP contribution in [0.3, 0.4) is 0 Å². The molecule has 1 saturated heterocycles. The molecule has 0 aromatic heterocycles. The van der Waals surface area contributed by atoms with Gasteiger partial charge < -0.3 is 4.74 Å². The molecule has 2 nitrogen and oxygen atoms in total. The second kappa shape index (κ2) is 5.45. The summed E-state index contributed by atoms with van der Waals surface area (Å²) < 4.78 is 5.21. The van der Waals surface area contributed by atoms with Crippen molar-refractivity contribution in [1.29, 1.82) is 0 Å². The third kappa shape index (κ3) is 2.99. The zero-order valence-corrected chi connectivity index (χ0v) is 6.97. The minimum atomic E-state index is 0.615. The number of hydrogen-bond acceptors (Lipinski definition) is 2. The Hall–Kier alpha value is -0.340. The molecule has 60 valence electrons. The molecular formula is C8H17NO. The molecule has 0 aromatic rings. The van der Waals surface area contributed by atoms with Crippen LogP contribution in [0.2, 0.25) is 0 Å². The van der Waals surface area contributed by atoms with E-state index in [2.05, 4.69) is 32.0 Å². The summed E-state index contributed by atoms with van der Waals surface area (Å²) in [5, 5.41) is 0. The Balaban J connectivity index is 0.000000371. The van der Waals surface area contributed by atoms with Gasteiger partial charge in [0.1, 0.15) is 0 Å². The SMILES string of the molecule is C=C.C[C@@H]1COCCN1C.